The van der Waals surface area contributed by atoms with E-state index in [9.17, 15) is 5.11 Å². The zero-order valence-electron chi connectivity index (χ0n) is 10.2. The maximum atomic E-state index is 9.98. The molecule has 3 nitrogen and oxygen atoms in total. The van der Waals surface area contributed by atoms with Gasteiger partial charge in [0.25, 0.3) is 0 Å². The molecule has 0 aliphatic rings. The van der Waals surface area contributed by atoms with Gasteiger partial charge in [0.2, 0.25) is 0 Å². The Morgan fingerprint density at radius 3 is 2.53 bits per heavy atom. The van der Waals surface area contributed by atoms with Crippen molar-refractivity contribution in [3.05, 3.63) is 48.3 Å². The van der Waals surface area contributed by atoms with Gasteiger partial charge in [-0.15, -0.1) is 0 Å². The van der Waals surface area contributed by atoms with Gasteiger partial charge in [0.1, 0.15) is 0 Å². The first-order valence-electron chi connectivity index (χ1n) is 5.96. The quantitative estimate of drug-likeness (QED) is 0.877. The molecule has 3 heteroatoms. The number of benzene rings is 1. The molecule has 0 radical (unpaired) electrons. The minimum absolute atomic E-state index is 0.465. The predicted molar refractivity (Wildman–Crippen MR) is 68.0 cm³/mol. The van der Waals surface area contributed by atoms with Crippen molar-refractivity contribution in [1.82, 2.24) is 9.78 Å². The third-order valence-electron chi connectivity index (χ3n) is 2.67. The number of aliphatic hydroxyl groups excluding tert-OH is 1. The van der Waals surface area contributed by atoms with Gasteiger partial charge in [0.15, 0.2) is 0 Å². The average molecular weight is 230 g/mol. The summed E-state index contributed by atoms with van der Waals surface area (Å²) in [4.78, 5) is 0. The minimum Gasteiger partial charge on any atom is -0.387 e. The second kappa shape index (κ2) is 5.15. The fourth-order valence-corrected chi connectivity index (χ4v) is 1.81. The SMILES string of the molecule is CC(C)CC(O)c1ccn(-c2ccccc2)n1. The number of aromatic nitrogens is 2. The van der Waals surface area contributed by atoms with Crippen LogP contribution in [0.15, 0.2) is 42.6 Å². The van der Waals surface area contributed by atoms with E-state index >= 15 is 0 Å². The maximum Gasteiger partial charge on any atom is 0.0980 e. The summed E-state index contributed by atoms with van der Waals surface area (Å²) >= 11 is 0. The van der Waals surface area contributed by atoms with E-state index < -0.39 is 6.10 Å². The van der Waals surface area contributed by atoms with Crippen LogP contribution in [0, 0.1) is 5.92 Å². The Balaban J connectivity index is 2.16. The van der Waals surface area contributed by atoms with Crippen LogP contribution < -0.4 is 0 Å². The van der Waals surface area contributed by atoms with Crippen molar-refractivity contribution in [2.75, 3.05) is 0 Å². The fourth-order valence-electron chi connectivity index (χ4n) is 1.81. The van der Waals surface area contributed by atoms with E-state index in [-0.39, 0.29) is 0 Å². The van der Waals surface area contributed by atoms with Gasteiger partial charge in [0.05, 0.1) is 17.5 Å². The summed E-state index contributed by atoms with van der Waals surface area (Å²) in [6.07, 6.45) is 2.15. The highest BCUT2D eigenvalue weighted by atomic mass is 16.3. The van der Waals surface area contributed by atoms with Crippen LogP contribution in [0.3, 0.4) is 0 Å². The first kappa shape index (κ1) is 11.9. The Hall–Kier alpha value is -1.61. The lowest BCUT2D eigenvalue weighted by atomic mass is 10.0. The van der Waals surface area contributed by atoms with Gasteiger partial charge in [-0.3, -0.25) is 0 Å². The van der Waals surface area contributed by atoms with E-state index in [1.165, 1.54) is 0 Å². The van der Waals surface area contributed by atoms with Crippen LogP contribution in [0.4, 0.5) is 0 Å². The number of aliphatic hydroxyl groups is 1. The smallest absolute Gasteiger partial charge is 0.0980 e. The van der Waals surface area contributed by atoms with Crippen molar-refractivity contribution in [2.45, 2.75) is 26.4 Å². The summed E-state index contributed by atoms with van der Waals surface area (Å²) in [6, 6.07) is 11.8. The number of nitrogens with zero attached hydrogens (tertiary/aromatic N) is 2. The summed E-state index contributed by atoms with van der Waals surface area (Å²) < 4.78 is 1.79. The molecule has 17 heavy (non-hydrogen) atoms. The van der Waals surface area contributed by atoms with E-state index in [0.29, 0.717) is 5.92 Å². The maximum absolute atomic E-state index is 9.98. The summed E-state index contributed by atoms with van der Waals surface area (Å²) in [5.74, 6) is 0.465. The lowest BCUT2D eigenvalue weighted by Crippen LogP contribution is -2.04. The van der Waals surface area contributed by atoms with Gasteiger partial charge in [0, 0.05) is 6.20 Å². The number of hydrogen-bond acceptors (Lipinski definition) is 2. The van der Waals surface area contributed by atoms with Crippen molar-refractivity contribution in [3.8, 4) is 5.69 Å². The van der Waals surface area contributed by atoms with Gasteiger partial charge < -0.3 is 5.11 Å². The van der Waals surface area contributed by atoms with Crippen LogP contribution >= 0.6 is 0 Å². The molecule has 90 valence electrons. The molecule has 0 aliphatic heterocycles. The van der Waals surface area contributed by atoms with Crippen molar-refractivity contribution < 1.29 is 5.11 Å². The average Bonchev–Trinajstić information content (AvgIpc) is 2.78. The standard InChI is InChI=1S/C14H18N2O/c1-11(2)10-14(17)13-8-9-16(15-13)12-6-4-3-5-7-12/h3-9,11,14,17H,10H2,1-2H3. The Morgan fingerprint density at radius 2 is 1.88 bits per heavy atom. The molecular formula is C14H18N2O. The first-order chi connectivity index (χ1) is 8.16. The monoisotopic (exact) mass is 230 g/mol. The molecule has 1 aromatic carbocycles. The largest absolute Gasteiger partial charge is 0.387 e. The Bertz CT molecular complexity index is 462. The molecule has 0 fully saturated rings. The molecule has 0 saturated carbocycles. The van der Waals surface area contributed by atoms with Crippen LogP contribution in [0.1, 0.15) is 32.1 Å². The summed E-state index contributed by atoms with van der Waals surface area (Å²) in [7, 11) is 0. The predicted octanol–water partition coefficient (Wildman–Crippen LogP) is 2.95. The molecule has 0 aliphatic carbocycles. The highest BCUT2D eigenvalue weighted by Gasteiger charge is 2.12. The van der Waals surface area contributed by atoms with E-state index in [1.54, 1.807) is 4.68 Å². The third-order valence-corrected chi connectivity index (χ3v) is 2.67. The van der Waals surface area contributed by atoms with Crippen molar-refractivity contribution in [1.29, 1.82) is 0 Å². The number of rotatable bonds is 4. The molecular weight excluding hydrogens is 212 g/mol. The molecule has 1 atom stereocenters. The Morgan fingerprint density at radius 1 is 1.18 bits per heavy atom. The molecule has 0 spiro atoms. The molecule has 1 unspecified atom stereocenters. The molecule has 0 bridgehead atoms. The van der Waals surface area contributed by atoms with Crippen LogP contribution in [0.5, 0.6) is 0 Å². The summed E-state index contributed by atoms with van der Waals surface area (Å²) in [5.41, 5.74) is 1.75. The van der Waals surface area contributed by atoms with Gasteiger partial charge in [-0.1, -0.05) is 32.0 Å². The fraction of sp³-hybridized carbons (Fsp3) is 0.357. The molecule has 1 aromatic heterocycles. The lowest BCUT2D eigenvalue weighted by molar-refractivity contribution is 0.146. The van der Waals surface area contributed by atoms with Crippen LogP contribution in [0.25, 0.3) is 5.69 Å². The zero-order valence-corrected chi connectivity index (χ0v) is 10.2. The molecule has 1 N–H and O–H groups in total. The van der Waals surface area contributed by atoms with Crippen LogP contribution in [0.2, 0.25) is 0 Å². The van der Waals surface area contributed by atoms with E-state index in [2.05, 4.69) is 18.9 Å². The lowest BCUT2D eigenvalue weighted by Gasteiger charge is -2.10. The number of para-hydroxylation sites is 1. The van der Waals surface area contributed by atoms with Gasteiger partial charge >= 0.3 is 0 Å². The molecule has 0 amide bonds. The van der Waals surface area contributed by atoms with Crippen LogP contribution in [-0.2, 0) is 0 Å². The van der Waals surface area contributed by atoms with Crippen LogP contribution in [-0.4, -0.2) is 14.9 Å². The number of hydrogen-bond donors (Lipinski definition) is 1. The molecule has 2 aromatic rings. The zero-order chi connectivity index (χ0) is 12.3. The Labute approximate surface area is 102 Å². The van der Waals surface area contributed by atoms with Crippen molar-refractivity contribution in [3.63, 3.8) is 0 Å². The highest BCUT2D eigenvalue weighted by Crippen LogP contribution is 2.20. The normalized spacial score (nSPS) is 12.9. The minimum atomic E-state index is -0.472. The summed E-state index contributed by atoms with van der Waals surface area (Å²) in [5, 5.41) is 14.4. The van der Waals surface area contributed by atoms with Gasteiger partial charge in [-0.25, -0.2) is 4.68 Å². The third kappa shape index (κ3) is 2.94. The van der Waals surface area contributed by atoms with E-state index in [4.69, 9.17) is 0 Å². The van der Waals surface area contributed by atoms with Crippen molar-refractivity contribution in [2.24, 2.45) is 5.92 Å². The van der Waals surface area contributed by atoms with E-state index in [1.807, 2.05) is 42.6 Å². The van der Waals surface area contributed by atoms with Crippen molar-refractivity contribution >= 4 is 0 Å². The molecule has 0 saturated heterocycles. The molecule has 1 heterocycles. The second-order valence-electron chi connectivity index (χ2n) is 4.67. The second-order valence-corrected chi connectivity index (χ2v) is 4.67. The highest BCUT2D eigenvalue weighted by molar-refractivity contribution is 5.30. The molecule has 2 rings (SSSR count). The van der Waals surface area contributed by atoms with Gasteiger partial charge in [-0.05, 0) is 30.5 Å². The first-order valence-corrected chi connectivity index (χ1v) is 5.96. The van der Waals surface area contributed by atoms with E-state index in [0.717, 1.165) is 17.8 Å². The summed E-state index contributed by atoms with van der Waals surface area (Å²) in [6.45, 7) is 4.19. The Kier molecular flexibility index (Phi) is 3.59. The topological polar surface area (TPSA) is 38.0 Å². The van der Waals surface area contributed by atoms with Gasteiger partial charge in [-0.2, -0.15) is 5.10 Å².